The van der Waals surface area contributed by atoms with Crippen molar-refractivity contribution in [2.75, 3.05) is 26.2 Å². The lowest BCUT2D eigenvalue weighted by Crippen LogP contribution is -2.52. The molecule has 0 bridgehead atoms. The number of hydrogen-bond donors (Lipinski definition) is 1. The molecule has 0 aliphatic heterocycles. The number of carbonyl (C=O) groups is 1. The Bertz CT molecular complexity index is 296. The van der Waals surface area contributed by atoms with E-state index in [-0.39, 0.29) is 5.97 Å². The Hall–Kier alpha value is -0.610. The Balaban J connectivity index is 2.70. The Labute approximate surface area is 124 Å². The first-order chi connectivity index (χ1) is 9.63. The van der Waals surface area contributed by atoms with Crippen LogP contribution in [0.25, 0.3) is 0 Å². The van der Waals surface area contributed by atoms with Gasteiger partial charge in [-0.25, -0.2) is 0 Å². The molecule has 4 heteroatoms. The summed E-state index contributed by atoms with van der Waals surface area (Å²) in [6.45, 7) is 11.9. The zero-order chi connectivity index (χ0) is 15.0. The Kier molecular flexibility index (Phi) is 7.52. The summed E-state index contributed by atoms with van der Waals surface area (Å²) in [5, 5.41) is 3.41. The lowest BCUT2D eigenvalue weighted by molar-refractivity contribution is -0.151. The third-order valence-corrected chi connectivity index (χ3v) is 4.39. The second kappa shape index (κ2) is 8.63. The minimum absolute atomic E-state index is 0.0594. The van der Waals surface area contributed by atoms with Gasteiger partial charge in [0.15, 0.2) is 0 Å². The first-order valence-corrected chi connectivity index (χ1v) is 8.29. The predicted molar refractivity (Wildman–Crippen MR) is 82.8 cm³/mol. The number of nitrogens with one attached hydrogen (secondary N) is 1. The minimum atomic E-state index is -0.449. The predicted octanol–water partition coefficient (Wildman–Crippen LogP) is 2.57. The number of unbranched alkanes of at least 4 members (excludes halogenated alkanes) is 1. The van der Waals surface area contributed by atoms with Gasteiger partial charge in [-0.05, 0) is 52.2 Å². The maximum Gasteiger partial charge on any atom is 0.326 e. The number of nitrogens with zero attached hydrogens (tertiary/aromatic N) is 1. The monoisotopic (exact) mass is 284 g/mol. The standard InChI is InChI=1S/C16H32N2O2/c1-5-9-12-18(7-3)14-10-11-16(13-14,17-6-2)15(19)20-8-4/h14,17H,5-13H2,1-4H3. The average Bonchev–Trinajstić information content (AvgIpc) is 2.86. The van der Waals surface area contributed by atoms with Crippen LogP contribution in [0.3, 0.4) is 0 Å². The SMILES string of the molecule is CCCCN(CC)C1CCC(NCC)(C(=O)OCC)C1. The molecule has 1 saturated carbocycles. The van der Waals surface area contributed by atoms with Crippen molar-refractivity contribution in [3.05, 3.63) is 0 Å². The van der Waals surface area contributed by atoms with Crippen molar-refractivity contribution in [1.29, 1.82) is 0 Å². The van der Waals surface area contributed by atoms with Gasteiger partial charge in [0, 0.05) is 6.04 Å². The fourth-order valence-electron chi connectivity index (χ4n) is 3.32. The molecule has 1 rings (SSSR count). The Morgan fingerprint density at radius 3 is 2.65 bits per heavy atom. The van der Waals surface area contributed by atoms with Gasteiger partial charge in [-0.2, -0.15) is 0 Å². The van der Waals surface area contributed by atoms with E-state index in [1.165, 1.54) is 12.8 Å². The molecule has 118 valence electrons. The fraction of sp³-hybridized carbons (Fsp3) is 0.938. The highest BCUT2D eigenvalue weighted by atomic mass is 16.5. The highest BCUT2D eigenvalue weighted by Gasteiger charge is 2.47. The summed E-state index contributed by atoms with van der Waals surface area (Å²) in [4.78, 5) is 14.9. The lowest BCUT2D eigenvalue weighted by atomic mass is 9.97. The summed E-state index contributed by atoms with van der Waals surface area (Å²) in [6, 6.07) is 0.509. The van der Waals surface area contributed by atoms with Gasteiger partial charge in [-0.1, -0.05) is 27.2 Å². The summed E-state index contributed by atoms with van der Waals surface area (Å²) >= 11 is 0. The van der Waals surface area contributed by atoms with Crippen LogP contribution in [0.2, 0.25) is 0 Å². The van der Waals surface area contributed by atoms with Gasteiger partial charge in [-0.15, -0.1) is 0 Å². The van der Waals surface area contributed by atoms with E-state index in [4.69, 9.17) is 4.74 Å². The summed E-state index contributed by atoms with van der Waals surface area (Å²) in [5.41, 5.74) is -0.449. The first kappa shape index (κ1) is 17.4. The van der Waals surface area contributed by atoms with Gasteiger partial charge in [-0.3, -0.25) is 4.79 Å². The minimum Gasteiger partial charge on any atom is -0.465 e. The van der Waals surface area contributed by atoms with Crippen molar-refractivity contribution in [3.63, 3.8) is 0 Å². The van der Waals surface area contributed by atoms with Crippen molar-refractivity contribution in [1.82, 2.24) is 10.2 Å². The summed E-state index contributed by atoms with van der Waals surface area (Å²) in [7, 11) is 0. The zero-order valence-corrected chi connectivity index (χ0v) is 13.7. The van der Waals surface area contributed by atoms with Crippen LogP contribution in [0, 0.1) is 0 Å². The van der Waals surface area contributed by atoms with Crippen LogP contribution < -0.4 is 5.32 Å². The molecule has 0 spiro atoms. The van der Waals surface area contributed by atoms with Crippen LogP contribution in [0.15, 0.2) is 0 Å². The van der Waals surface area contributed by atoms with E-state index >= 15 is 0 Å². The van der Waals surface area contributed by atoms with Crippen LogP contribution in [0.4, 0.5) is 0 Å². The van der Waals surface area contributed by atoms with E-state index < -0.39 is 5.54 Å². The van der Waals surface area contributed by atoms with Gasteiger partial charge >= 0.3 is 5.97 Å². The van der Waals surface area contributed by atoms with Gasteiger partial charge in [0.05, 0.1) is 6.61 Å². The second-order valence-corrected chi connectivity index (χ2v) is 5.71. The second-order valence-electron chi connectivity index (χ2n) is 5.71. The number of ether oxygens (including phenoxy) is 1. The third-order valence-electron chi connectivity index (χ3n) is 4.39. The zero-order valence-electron chi connectivity index (χ0n) is 13.7. The van der Waals surface area contributed by atoms with Crippen molar-refractivity contribution in [3.8, 4) is 0 Å². The van der Waals surface area contributed by atoms with Crippen LogP contribution in [0.5, 0.6) is 0 Å². The van der Waals surface area contributed by atoms with Gasteiger partial charge < -0.3 is 15.0 Å². The summed E-state index contributed by atoms with van der Waals surface area (Å²) in [6.07, 6.45) is 5.32. The molecular weight excluding hydrogens is 252 g/mol. The smallest absolute Gasteiger partial charge is 0.326 e. The molecule has 0 aromatic rings. The maximum absolute atomic E-state index is 12.3. The summed E-state index contributed by atoms with van der Waals surface area (Å²) in [5.74, 6) is -0.0594. The molecule has 0 heterocycles. The van der Waals surface area contributed by atoms with E-state index in [1.54, 1.807) is 0 Å². The molecule has 0 amide bonds. The molecule has 1 aliphatic rings. The highest BCUT2D eigenvalue weighted by molar-refractivity contribution is 5.81. The summed E-state index contributed by atoms with van der Waals surface area (Å²) < 4.78 is 5.30. The molecule has 0 aromatic heterocycles. The molecule has 1 N–H and O–H groups in total. The molecule has 20 heavy (non-hydrogen) atoms. The Morgan fingerprint density at radius 1 is 1.35 bits per heavy atom. The van der Waals surface area contributed by atoms with E-state index in [9.17, 15) is 4.79 Å². The molecule has 1 aliphatic carbocycles. The molecule has 4 nitrogen and oxygen atoms in total. The van der Waals surface area contributed by atoms with Crippen LogP contribution in [-0.2, 0) is 9.53 Å². The Morgan fingerprint density at radius 2 is 2.10 bits per heavy atom. The van der Waals surface area contributed by atoms with E-state index in [0.29, 0.717) is 12.6 Å². The molecule has 0 radical (unpaired) electrons. The van der Waals surface area contributed by atoms with Gasteiger partial charge in [0.2, 0.25) is 0 Å². The maximum atomic E-state index is 12.3. The normalized spacial score (nSPS) is 26.1. The van der Waals surface area contributed by atoms with Crippen molar-refractivity contribution >= 4 is 5.97 Å². The van der Waals surface area contributed by atoms with Crippen molar-refractivity contribution in [2.45, 2.75) is 71.4 Å². The number of hydrogen-bond acceptors (Lipinski definition) is 4. The van der Waals surface area contributed by atoms with Gasteiger partial charge in [0.25, 0.3) is 0 Å². The molecule has 1 fully saturated rings. The van der Waals surface area contributed by atoms with Crippen LogP contribution >= 0.6 is 0 Å². The van der Waals surface area contributed by atoms with E-state index in [1.807, 2.05) is 6.92 Å². The molecule has 0 saturated heterocycles. The number of carbonyl (C=O) groups excluding carboxylic acids is 1. The average molecular weight is 284 g/mol. The molecule has 2 atom stereocenters. The third kappa shape index (κ3) is 4.19. The van der Waals surface area contributed by atoms with Gasteiger partial charge in [0.1, 0.15) is 5.54 Å². The van der Waals surface area contributed by atoms with E-state index in [2.05, 4.69) is 31.0 Å². The van der Waals surface area contributed by atoms with Crippen molar-refractivity contribution < 1.29 is 9.53 Å². The van der Waals surface area contributed by atoms with Crippen molar-refractivity contribution in [2.24, 2.45) is 0 Å². The number of esters is 1. The highest BCUT2D eigenvalue weighted by Crippen LogP contribution is 2.34. The number of likely N-dealkylation sites (N-methyl/N-ethyl adjacent to an activating group) is 1. The largest absolute Gasteiger partial charge is 0.465 e. The quantitative estimate of drug-likeness (QED) is 0.661. The van der Waals surface area contributed by atoms with Crippen LogP contribution in [-0.4, -0.2) is 48.7 Å². The topological polar surface area (TPSA) is 41.6 Å². The molecule has 2 unspecified atom stereocenters. The molecule has 0 aromatic carbocycles. The van der Waals surface area contributed by atoms with Crippen LogP contribution in [0.1, 0.15) is 59.8 Å². The first-order valence-electron chi connectivity index (χ1n) is 8.29. The molecular formula is C16H32N2O2. The lowest BCUT2D eigenvalue weighted by Gasteiger charge is -2.31. The van der Waals surface area contributed by atoms with E-state index in [0.717, 1.165) is 38.9 Å². The fourth-order valence-corrected chi connectivity index (χ4v) is 3.32. The number of rotatable bonds is 9.